The fourth-order valence-electron chi connectivity index (χ4n) is 5.62. The molecule has 42 heavy (non-hydrogen) atoms. The monoisotopic (exact) mass is 558 g/mol. The summed E-state index contributed by atoms with van der Waals surface area (Å²) in [5, 5.41) is 1.26. The van der Waals surface area contributed by atoms with Gasteiger partial charge in [0, 0.05) is 27.6 Å². The predicted octanol–water partition coefficient (Wildman–Crippen LogP) is 9.78. The first-order valence-electron chi connectivity index (χ1n) is 14.0. The zero-order valence-electron chi connectivity index (χ0n) is 23.2. The molecule has 0 aliphatic heterocycles. The first-order valence-corrected chi connectivity index (χ1v) is 14.9. The molecule has 3 aromatic heterocycles. The van der Waals surface area contributed by atoms with E-state index in [-0.39, 0.29) is 0 Å². The van der Waals surface area contributed by atoms with Crippen molar-refractivity contribution in [3.05, 3.63) is 132 Å². The van der Waals surface area contributed by atoms with Crippen molar-refractivity contribution < 1.29 is 0 Å². The van der Waals surface area contributed by atoms with E-state index in [1.807, 2.05) is 11.3 Å². The molecule has 4 nitrogen and oxygen atoms in total. The molecule has 5 heteroatoms. The summed E-state index contributed by atoms with van der Waals surface area (Å²) in [5.41, 5.74) is 10.2. The van der Waals surface area contributed by atoms with Crippen molar-refractivity contribution in [1.29, 1.82) is 0 Å². The molecule has 0 unspecified atom stereocenters. The van der Waals surface area contributed by atoms with Crippen LogP contribution in [-0.2, 0) is 0 Å². The summed E-state index contributed by atoms with van der Waals surface area (Å²) in [6, 6.07) is 42.6. The zero-order valence-corrected chi connectivity index (χ0v) is 24.1. The predicted molar refractivity (Wildman–Crippen MR) is 175 cm³/mol. The van der Waals surface area contributed by atoms with Crippen molar-refractivity contribution in [2.45, 2.75) is 13.8 Å². The second-order valence-corrected chi connectivity index (χ2v) is 11.7. The van der Waals surface area contributed by atoms with E-state index in [4.69, 9.17) is 15.0 Å². The van der Waals surface area contributed by atoms with E-state index in [9.17, 15) is 0 Å². The Labute approximate surface area is 247 Å². The van der Waals surface area contributed by atoms with E-state index in [2.05, 4.69) is 140 Å². The maximum absolute atomic E-state index is 4.94. The van der Waals surface area contributed by atoms with Crippen LogP contribution in [-0.4, -0.2) is 19.4 Å². The topological polar surface area (TPSA) is 43.1 Å². The highest BCUT2D eigenvalue weighted by atomic mass is 32.1. The lowest BCUT2D eigenvalue weighted by atomic mass is 10.0. The quantitative estimate of drug-likeness (QED) is 0.216. The van der Waals surface area contributed by atoms with Crippen LogP contribution in [0, 0.1) is 13.8 Å². The van der Waals surface area contributed by atoms with E-state index in [0.717, 1.165) is 16.7 Å². The van der Waals surface area contributed by atoms with Gasteiger partial charge in [0.05, 0.1) is 15.7 Å². The van der Waals surface area contributed by atoms with Gasteiger partial charge in [-0.25, -0.2) is 15.0 Å². The van der Waals surface area contributed by atoms with E-state index in [1.54, 1.807) is 0 Å². The van der Waals surface area contributed by atoms with Gasteiger partial charge in [0.1, 0.15) is 4.83 Å². The Bertz CT molecular complexity index is 2180. The smallest absolute Gasteiger partial charge is 0.164 e. The molecule has 200 valence electrons. The molecular formula is C37H26N4S. The fraction of sp³-hybridized carbons (Fsp3) is 0.0541. The third-order valence-corrected chi connectivity index (χ3v) is 8.98. The first-order chi connectivity index (χ1) is 20.6. The van der Waals surface area contributed by atoms with Crippen molar-refractivity contribution in [2.24, 2.45) is 0 Å². The molecule has 5 aromatic carbocycles. The van der Waals surface area contributed by atoms with Gasteiger partial charge in [-0.3, -0.25) is 4.40 Å². The van der Waals surface area contributed by atoms with Gasteiger partial charge in [-0.05, 0) is 37.6 Å². The molecule has 8 rings (SSSR count). The summed E-state index contributed by atoms with van der Waals surface area (Å²) in [6.07, 6.45) is 0. The molecule has 0 bridgehead atoms. The number of para-hydroxylation sites is 2. The van der Waals surface area contributed by atoms with Crippen LogP contribution in [0.25, 0.3) is 71.2 Å². The summed E-state index contributed by atoms with van der Waals surface area (Å²) in [7, 11) is 0. The van der Waals surface area contributed by atoms with Crippen molar-refractivity contribution in [2.75, 3.05) is 0 Å². The minimum Gasteiger partial charge on any atom is -0.299 e. The van der Waals surface area contributed by atoms with Crippen LogP contribution >= 0.6 is 11.3 Å². The first kappa shape index (κ1) is 24.6. The minimum atomic E-state index is 0.663. The third kappa shape index (κ3) is 4.09. The molecule has 0 amide bonds. The Morgan fingerprint density at radius 1 is 0.476 bits per heavy atom. The van der Waals surface area contributed by atoms with Gasteiger partial charge in [0.15, 0.2) is 17.5 Å². The molecule has 8 aromatic rings. The van der Waals surface area contributed by atoms with E-state index in [1.165, 1.54) is 48.2 Å². The van der Waals surface area contributed by atoms with Crippen LogP contribution in [0.2, 0.25) is 0 Å². The number of rotatable bonds is 4. The number of aromatic nitrogens is 4. The molecule has 0 radical (unpaired) electrons. The van der Waals surface area contributed by atoms with Crippen molar-refractivity contribution >= 4 is 37.3 Å². The molecule has 0 atom stereocenters. The van der Waals surface area contributed by atoms with Gasteiger partial charge in [-0.1, -0.05) is 114 Å². The van der Waals surface area contributed by atoms with Crippen LogP contribution in [0.3, 0.4) is 0 Å². The normalized spacial score (nSPS) is 11.6. The molecule has 0 aliphatic rings. The standard InChI is InChI=1S/C37H26N4S/c1-23-11-15-26(16-12-23)34-38-35(27-17-13-24(2)14-18-27)40-36(39-34)28-21-19-25(20-22-28)33-29-7-3-4-8-30(29)41-31-9-5-6-10-32(31)42-37(33)41/h3-22H,1-2H3. The van der Waals surface area contributed by atoms with Crippen LogP contribution in [0.15, 0.2) is 121 Å². The summed E-state index contributed by atoms with van der Waals surface area (Å²) in [5.74, 6) is 2.01. The van der Waals surface area contributed by atoms with Gasteiger partial charge < -0.3 is 0 Å². The van der Waals surface area contributed by atoms with Crippen molar-refractivity contribution in [1.82, 2.24) is 19.4 Å². The molecular weight excluding hydrogens is 533 g/mol. The maximum Gasteiger partial charge on any atom is 0.164 e. The Morgan fingerprint density at radius 3 is 1.50 bits per heavy atom. The number of aryl methyl sites for hydroxylation is 2. The third-order valence-electron chi connectivity index (χ3n) is 7.83. The number of thiazole rings is 1. The lowest BCUT2D eigenvalue weighted by molar-refractivity contribution is 1.07. The van der Waals surface area contributed by atoms with Gasteiger partial charge >= 0.3 is 0 Å². The molecule has 3 heterocycles. The Morgan fingerprint density at radius 2 is 0.929 bits per heavy atom. The molecule has 0 N–H and O–H groups in total. The number of hydrogen-bond acceptors (Lipinski definition) is 4. The molecule has 0 fully saturated rings. The molecule has 0 aliphatic carbocycles. The SMILES string of the molecule is Cc1ccc(-c2nc(-c3ccc(C)cc3)nc(-c3ccc(-c4c5ccccc5n5c4sc4ccccc45)cc3)n2)cc1. The molecule has 0 saturated carbocycles. The van der Waals surface area contributed by atoms with E-state index < -0.39 is 0 Å². The van der Waals surface area contributed by atoms with Gasteiger partial charge in [0.2, 0.25) is 0 Å². The number of hydrogen-bond donors (Lipinski definition) is 0. The summed E-state index contributed by atoms with van der Waals surface area (Å²) >= 11 is 1.84. The van der Waals surface area contributed by atoms with Gasteiger partial charge in [-0.15, -0.1) is 11.3 Å². The fourth-order valence-corrected chi connectivity index (χ4v) is 6.85. The lowest BCUT2D eigenvalue weighted by Gasteiger charge is -2.09. The molecule has 0 spiro atoms. The second kappa shape index (κ2) is 9.75. The Balaban J connectivity index is 1.27. The highest BCUT2D eigenvalue weighted by Gasteiger charge is 2.18. The average molecular weight is 559 g/mol. The van der Waals surface area contributed by atoms with Crippen molar-refractivity contribution in [3.8, 4) is 45.3 Å². The largest absolute Gasteiger partial charge is 0.299 e. The van der Waals surface area contributed by atoms with Crippen molar-refractivity contribution in [3.63, 3.8) is 0 Å². The van der Waals surface area contributed by atoms with Gasteiger partial charge in [-0.2, -0.15) is 0 Å². The van der Waals surface area contributed by atoms with E-state index in [0.29, 0.717) is 17.5 Å². The Hall–Kier alpha value is -5.13. The van der Waals surface area contributed by atoms with E-state index >= 15 is 0 Å². The highest BCUT2D eigenvalue weighted by molar-refractivity contribution is 7.24. The maximum atomic E-state index is 4.94. The summed E-state index contributed by atoms with van der Waals surface area (Å²) in [4.78, 5) is 16.0. The minimum absolute atomic E-state index is 0.663. The summed E-state index contributed by atoms with van der Waals surface area (Å²) < 4.78 is 3.68. The second-order valence-electron chi connectivity index (χ2n) is 10.7. The average Bonchev–Trinajstić information content (AvgIpc) is 3.56. The lowest BCUT2D eigenvalue weighted by Crippen LogP contribution is -2.00. The van der Waals surface area contributed by atoms with Crippen LogP contribution < -0.4 is 0 Å². The van der Waals surface area contributed by atoms with Gasteiger partial charge in [0.25, 0.3) is 0 Å². The summed E-state index contributed by atoms with van der Waals surface area (Å²) in [6.45, 7) is 4.17. The van der Waals surface area contributed by atoms with Crippen LogP contribution in [0.4, 0.5) is 0 Å². The highest BCUT2D eigenvalue weighted by Crippen LogP contribution is 2.42. The molecule has 0 saturated heterocycles. The zero-order chi connectivity index (χ0) is 28.2. The number of nitrogens with zero attached hydrogens (tertiary/aromatic N) is 4. The van der Waals surface area contributed by atoms with Crippen LogP contribution in [0.1, 0.15) is 11.1 Å². The number of benzene rings is 5. The Kier molecular flexibility index (Phi) is 5.72. The number of fused-ring (bicyclic) bond motifs is 5. The van der Waals surface area contributed by atoms with Crippen LogP contribution in [0.5, 0.6) is 0 Å².